The first-order chi connectivity index (χ1) is 12.4. The maximum atomic E-state index is 13.2. The third-order valence-corrected chi connectivity index (χ3v) is 7.34. The van der Waals surface area contributed by atoms with Crippen molar-refractivity contribution in [3.63, 3.8) is 0 Å². The quantitative estimate of drug-likeness (QED) is 0.726. The van der Waals surface area contributed by atoms with E-state index in [0.29, 0.717) is 31.5 Å². The molecule has 0 amide bonds. The highest BCUT2D eigenvalue weighted by Gasteiger charge is 2.32. The Kier molecular flexibility index (Phi) is 5.71. The predicted molar refractivity (Wildman–Crippen MR) is 96.4 cm³/mol. The van der Waals surface area contributed by atoms with Crippen LogP contribution in [0.15, 0.2) is 28.5 Å². The largest absolute Gasteiger partial charge is 0.465 e. The number of ether oxygens (including phenoxy) is 1. The summed E-state index contributed by atoms with van der Waals surface area (Å²) in [5, 5.41) is 3.17. The Morgan fingerprint density at radius 1 is 1.42 bits per heavy atom. The van der Waals surface area contributed by atoms with Gasteiger partial charge in [-0.25, -0.2) is 22.3 Å². The first-order valence-electron chi connectivity index (χ1n) is 8.10. The molecule has 2 aromatic rings. The molecule has 0 atom stereocenters. The van der Waals surface area contributed by atoms with Gasteiger partial charge < -0.3 is 10.1 Å². The fourth-order valence-electron chi connectivity index (χ4n) is 2.90. The summed E-state index contributed by atoms with van der Waals surface area (Å²) in [5.74, 6) is -1.01. The van der Waals surface area contributed by atoms with Gasteiger partial charge in [-0.15, -0.1) is 11.3 Å². The Hall–Kier alpha value is -1.81. The molecule has 0 saturated heterocycles. The second kappa shape index (κ2) is 7.83. The van der Waals surface area contributed by atoms with Crippen molar-refractivity contribution < 1.29 is 22.3 Å². The molecule has 6 nitrogen and oxygen atoms in total. The minimum absolute atomic E-state index is 0.0164. The Morgan fingerprint density at radius 2 is 2.23 bits per heavy atom. The molecule has 0 bridgehead atoms. The topological polar surface area (TPSA) is 84.5 Å². The van der Waals surface area contributed by atoms with Crippen LogP contribution in [0.3, 0.4) is 0 Å². The van der Waals surface area contributed by atoms with Crippen LogP contribution < -0.4 is 10.0 Å². The lowest BCUT2D eigenvalue weighted by Crippen LogP contribution is -2.27. The van der Waals surface area contributed by atoms with E-state index < -0.39 is 16.0 Å². The average molecular weight is 398 g/mol. The molecule has 9 heteroatoms. The average Bonchev–Trinajstić information content (AvgIpc) is 3.01. The van der Waals surface area contributed by atoms with Crippen LogP contribution in [0.1, 0.15) is 26.4 Å². The normalized spacial score (nSPS) is 14.1. The standard InChI is InChI=1S/C17H19FN2O4S2/c1-24-16(21)15-13-6-7-19-10-14(13)25-17(15)26(22,23)20-8-5-11-3-2-4-12(18)9-11/h2-4,9,19-20H,5-8,10H2,1H3. The van der Waals surface area contributed by atoms with Crippen LogP contribution in [0, 0.1) is 5.82 Å². The van der Waals surface area contributed by atoms with Crippen LogP contribution >= 0.6 is 11.3 Å². The van der Waals surface area contributed by atoms with Crippen molar-refractivity contribution in [2.75, 3.05) is 20.2 Å². The van der Waals surface area contributed by atoms with Gasteiger partial charge in [0.25, 0.3) is 10.0 Å². The molecule has 0 fully saturated rings. The number of carbonyl (C=O) groups excluding carboxylic acids is 1. The van der Waals surface area contributed by atoms with Gasteiger partial charge in [0, 0.05) is 18.0 Å². The number of hydrogen-bond acceptors (Lipinski definition) is 6. The first kappa shape index (κ1) is 19.0. The van der Waals surface area contributed by atoms with Gasteiger partial charge in [-0.2, -0.15) is 0 Å². The van der Waals surface area contributed by atoms with Gasteiger partial charge in [0.05, 0.1) is 12.7 Å². The Labute approximate surface area is 155 Å². The van der Waals surface area contributed by atoms with Crippen LogP contribution in [0.2, 0.25) is 0 Å². The maximum Gasteiger partial charge on any atom is 0.340 e. The summed E-state index contributed by atoms with van der Waals surface area (Å²) in [7, 11) is -2.64. The molecule has 0 unspecified atom stereocenters. The highest BCUT2D eigenvalue weighted by Crippen LogP contribution is 2.34. The van der Waals surface area contributed by atoms with Crippen molar-refractivity contribution in [1.82, 2.24) is 10.0 Å². The number of fused-ring (bicyclic) bond motifs is 1. The predicted octanol–water partition coefficient (Wildman–Crippen LogP) is 1.84. The minimum Gasteiger partial charge on any atom is -0.465 e. The zero-order valence-electron chi connectivity index (χ0n) is 14.2. The van der Waals surface area contributed by atoms with Crippen LogP contribution in [-0.2, 0) is 34.1 Å². The van der Waals surface area contributed by atoms with Crippen LogP contribution in [0.4, 0.5) is 4.39 Å². The van der Waals surface area contributed by atoms with Gasteiger partial charge in [0.2, 0.25) is 0 Å². The number of carbonyl (C=O) groups is 1. The van der Waals surface area contributed by atoms with Crippen LogP contribution in [-0.4, -0.2) is 34.6 Å². The zero-order chi connectivity index (χ0) is 18.7. The van der Waals surface area contributed by atoms with E-state index in [9.17, 15) is 17.6 Å². The third kappa shape index (κ3) is 3.96. The SMILES string of the molecule is COC(=O)c1c(S(=O)(=O)NCCc2cccc(F)c2)sc2c1CCNC2. The molecule has 140 valence electrons. The van der Waals surface area contributed by atoms with E-state index in [1.807, 2.05) is 0 Å². The molecule has 2 heterocycles. The Balaban J connectivity index is 1.82. The molecule has 3 rings (SSSR count). The summed E-state index contributed by atoms with van der Waals surface area (Å²) in [6, 6.07) is 6.01. The third-order valence-electron chi connectivity index (χ3n) is 4.12. The van der Waals surface area contributed by atoms with Crippen molar-refractivity contribution in [1.29, 1.82) is 0 Å². The van der Waals surface area contributed by atoms with Crippen molar-refractivity contribution in [3.05, 3.63) is 51.7 Å². The fourth-order valence-corrected chi connectivity index (χ4v) is 5.82. The van der Waals surface area contributed by atoms with Gasteiger partial charge in [-0.05, 0) is 42.6 Å². The second-order valence-corrected chi connectivity index (χ2v) is 8.93. The summed E-state index contributed by atoms with van der Waals surface area (Å²) in [5.41, 5.74) is 1.56. The highest BCUT2D eigenvalue weighted by atomic mass is 32.2. The van der Waals surface area contributed by atoms with Crippen LogP contribution in [0.25, 0.3) is 0 Å². The number of methoxy groups -OCH3 is 1. The molecule has 1 aromatic heterocycles. The molecule has 2 N–H and O–H groups in total. The number of nitrogens with one attached hydrogen (secondary N) is 2. The van der Waals surface area contributed by atoms with Gasteiger partial charge in [0.15, 0.2) is 0 Å². The molecular formula is C17H19FN2O4S2. The van der Waals surface area contributed by atoms with E-state index in [0.717, 1.165) is 21.8 Å². The number of hydrogen-bond donors (Lipinski definition) is 2. The van der Waals surface area contributed by atoms with E-state index in [1.54, 1.807) is 12.1 Å². The summed E-state index contributed by atoms with van der Waals surface area (Å²) >= 11 is 1.09. The molecule has 1 aliphatic rings. The lowest BCUT2D eigenvalue weighted by molar-refractivity contribution is 0.0596. The Bertz CT molecular complexity index is 925. The number of benzene rings is 1. The highest BCUT2D eigenvalue weighted by molar-refractivity contribution is 7.91. The smallest absolute Gasteiger partial charge is 0.340 e. The molecule has 1 aromatic carbocycles. The molecular weight excluding hydrogens is 379 g/mol. The zero-order valence-corrected chi connectivity index (χ0v) is 15.8. The van der Waals surface area contributed by atoms with Crippen molar-refractivity contribution >= 4 is 27.3 Å². The molecule has 0 spiro atoms. The first-order valence-corrected chi connectivity index (χ1v) is 10.4. The van der Waals surface area contributed by atoms with Gasteiger partial charge >= 0.3 is 5.97 Å². The monoisotopic (exact) mass is 398 g/mol. The summed E-state index contributed by atoms with van der Waals surface area (Å²) in [6.07, 6.45) is 0.923. The van der Waals surface area contributed by atoms with E-state index >= 15 is 0 Å². The van der Waals surface area contributed by atoms with Crippen molar-refractivity contribution in [3.8, 4) is 0 Å². The molecule has 0 radical (unpaired) electrons. The number of esters is 1. The van der Waals surface area contributed by atoms with Gasteiger partial charge in [-0.3, -0.25) is 0 Å². The summed E-state index contributed by atoms with van der Waals surface area (Å²) in [6.45, 7) is 1.32. The summed E-state index contributed by atoms with van der Waals surface area (Å²) in [4.78, 5) is 13.0. The molecule has 0 aliphatic carbocycles. The second-order valence-electron chi connectivity index (χ2n) is 5.86. The van der Waals surface area contributed by atoms with E-state index in [1.165, 1.54) is 19.2 Å². The number of rotatable bonds is 6. The number of sulfonamides is 1. The van der Waals surface area contributed by atoms with Crippen molar-refractivity contribution in [2.24, 2.45) is 0 Å². The molecule has 0 saturated carbocycles. The van der Waals surface area contributed by atoms with Crippen LogP contribution in [0.5, 0.6) is 0 Å². The number of halogens is 1. The van der Waals surface area contributed by atoms with Gasteiger partial charge in [-0.1, -0.05) is 12.1 Å². The fraction of sp³-hybridized carbons (Fsp3) is 0.353. The minimum atomic E-state index is -3.87. The van der Waals surface area contributed by atoms with Gasteiger partial charge in [0.1, 0.15) is 10.0 Å². The Morgan fingerprint density at radius 3 is 2.96 bits per heavy atom. The molecule has 26 heavy (non-hydrogen) atoms. The molecule has 1 aliphatic heterocycles. The maximum absolute atomic E-state index is 13.2. The van der Waals surface area contributed by atoms with E-state index in [4.69, 9.17) is 4.74 Å². The van der Waals surface area contributed by atoms with E-state index in [2.05, 4.69) is 10.0 Å². The lowest BCUT2D eigenvalue weighted by atomic mass is 10.1. The van der Waals surface area contributed by atoms with E-state index in [-0.39, 0.29) is 22.1 Å². The number of thiophene rings is 1. The summed E-state index contributed by atoms with van der Waals surface area (Å²) < 4.78 is 46.0. The van der Waals surface area contributed by atoms with Crippen molar-refractivity contribution in [2.45, 2.75) is 23.6 Å². The lowest BCUT2D eigenvalue weighted by Gasteiger charge is -2.13.